The second kappa shape index (κ2) is 8.47. The van der Waals surface area contributed by atoms with Crippen molar-refractivity contribution in [1.82, 2.24) is 0 Å². The summed E-state index contributed by atoms with van der Waals surface area (Å²) in [6.45, 7) is 1.32. The van der Waals surface area contributed by atoms with Gasteiger partial charge in [0.15, 0.2) is 17.6 Å². The highest BCUT2D eigenvalue weighted by Gasteiger charge is 2.41. The molecule has 1 aliphatic carbocycles. The lowest BCUT2D eigenvalue weighted by Gasteiger charge is -2.36. The van der Waals surface area contributed by atoms with E-state index in [1.54, 1.807) is 25.3 Å². The summed E-state index contributed by atoms with van der Waals surface area (Å²) >= 11 is 0. The van der Waals surface area contributed by atoms with Crippen LogP contribution in [0.5, 0.6) is 11.5 Å². The van der Waals surface area contributed by atoms with Crippen molar-refractivity contribution in [2.45, 2.75) is 57.0 Å². The Morgan fingerprint density at radius 2 is 1.89 bits per heavy atom. The minimum absolute atomic E-state index is 0.00869. The van der Waals surface area contributed by atoms with Crippen LogP contribution in [-0.4, -0.2) is 49.8 Å². The molecule has 8 heteroatoms. The lowest BCUT2D eigenvalue weighted by molar-refractivity contribution is -0.772. The van der Waals surface area contributed by atoms with E-state index >= 15 is 0 Å². The van der Waals surface area contributed by atoms with Gasteiger partial charge >= 0.3 is 5.97 Å². The van der Waals surface area contributed by atoms with Crippen molar-refractivity contribution in [3.05, 3.63) is 29.0 Å². The van der Waals surface area contributed by atoms with Crippen molar-refractivity contribution in [3.8, 4) is 11.5 Å². The highest BCUT2D eigenvalue weighted by atomic mass is 16.9. The summed E-state index contributed by atoms with van der Waals surface area (Å²) in [6.07, 6.45) is 3.49. The zero-order chi connectivity index (χ0) is 19.4. The van der Waals surface area contributed by atoms with Gasteiger partial charge in [-0.15, -0.1) is 0 Å². The summed E-state index contributed by atoms with van der Waals surface area (Å²) in [7, 11) is 3.08. The Morgan fingerprint density at radius 3 is 2.52 bits per heavy atom. The van der Waals surface area contributed by atoms with Crippen LogP contribution in [0.25, 0.3) is 0 Å². The van der Waals surface area contributed by atoms with Crippen LogP contribution < -0.4 is 9.47 Å². The minimum Gasteiger partial charge on any atom is -0.493 e. The fourth-order valence-electron chi connectivity index (χ4n) is 3.56. The van der Waals surface area contributed by atoms with E-state index in [1.165, 1.54) is 20.2 Å². The third kappa shape index (κ3) is 4.44. The van der Waals surface area contributed by atoms with E-state index in [0.717, 1.165) is 31.2 Å². The molecular formula is C19H25NO7. The largest absolute Gasteiger partial charge is 0.493 e. The molecule has 148 valence electrons. The molecule has 0 saturated heterocycles. The van der Waals surface area contributed by atoms with E-state index in [2.05, 4.69) is 0 Å². The zero-order valence-corrected chi connectivity index (χ0v) is 15.8. The summed E-state index contributed by atoms with van der Waals surface area (Å²) in [4.78, 5) is 17.4. The van der Waals surface area contributed by atoms with E-state index in [4.69, 9.17) is 23.8 Å². The van der Waals surface area contributed by atoms with Gasteiger partial charge < -0.3 is 23.8 Å². The van der Waals surface area contributed by atoms with Crippen molar-refractivity contribution >= 4 is 12.2 Å². The first kappa shape index (κ1) is 19.3. The van der Waals surface area contributed by atoms with Gasteiger partial charge in [-0.25, -0.2) is 0 Å². The number of benzene rings is 1. The van der Waals surface area contributed by atoms with Gasteiger partial charge in [-0.1, -0.05) is 18.9 Å². The zero-order valence-electron chi connectivity index (χ0n) is 15.8. The quantitative estimate of drug-likeness (QED) is 0.554. The standard InChI is InChI=1S/C19H25NO7/c1-12(21)25-18-15(13-8-9-16(23-2)17(10-13)24-3)11-20(22)27-19(18)26-14-6-4-5-7-14/h8-11,14-15,18-19H,4-7H2,1-3H3/t15-,18-,19+/m1/s1. The Labute approximate surface area is 158 Å². The lowest BCUT2D eigenvalue weighted by atomic mass is 9.92. The van der Waals surface area contributed by atoms with Gasteiger partial charge in [0.05, 0.1) is 20.3 Å². The number of nitrogens with zero attached hydrogens (tertiary/aromatic N) is 1. The lowest BCUT2D eigenvalue weighted by Crippen LogP contribution is -2.47. The smallest absolute Gasteiger partial charge is 0.303 e. The number of carbonyl (C=O) groups excluding carboxylic acids is 1. The molecule has 0 spiro atoms. The number of hydrogen-bond acceptors (Lipinski definition) is 7. The first-order valence-electron chi connectivity index (χ1n) is 9.04. The first-order chi connectivity index (χ1) is 13.0. The Balaban J connectivity index is 1.92. The van der Waals surface area contributed by atoms with Crippen molar-refractivity contribution in [1.29, 1.82) is 0 Å². The van der Waals surface area contributed by atoms with Gasteiger partial charge in [-0.2, -0.15) is 0 Å². The fraction of sp³-hybridized carbons (Fsp3) is 0.579. The molecule has 1 saturated carbocycles. The van der Waals surface area contributed by atoms with Gasteiger partial charge in [0.2, 0.25) is 12.5 Å². The molecule has 1 heterocycles. The Kier molecular flexibility index (Phi) is 6.05. The van der Waals surface area contributed by atoms with E-state index < -0.39 is 24.3 Å². The number of rotatable bonds is 6. The third-order valence-electron chi connectivity index (χ3n) is 4.84. The van der Waals surface area contributed by atoms with E-state index in [9.17, 15) is 10.0 Å². The van der Waals surface area contributed by atoms with E-state index in [0.29, 0.717) is 16.4 Å². The maximum atomic E-state index is 12.1. The molecule has 1 aliphatic heterocycles. The highest BCUT2D eigenvalue weighted by Crippen LogP contribution is 2.35. The van der Waals surface area contributed by atoms with Crippen LogP contribution in [0, 0.1) is 5.21 Å². The molecule has 3 atom stereocenters. The molecular weight excluding hydrogens is 354 g/mol. The fourth-order valence-corrected chi connectivity index (χ4v) is 3.56. The average molecular weight is 379 g/mol. The molecule has 0 aromatic heterocycles. The SMILES string of the molecule is COc1ccc([C@H]2C=[N+]([O-])O[C@H](OC3CCCC3)[C@@H]2OC(C)=O)cc1OC. The number of esters is 1. The first-order valence-corrected chi connectivity index (χ1v) is 9.04. The van der Waals surface area contributed by atoms with Gasteiger partial charge in [-0.3, -0.25) is 10.0 Å². The maximum Gasteiger partial charge on any atom is 0.303 e. The molecule has 0 amide bonds. The molecule has 3 rings (SSSR count). The average Bonchev–Trinajstić information content (AvgIpc) is 3.15. The monoisotopic (exact) mass is 379 g/mol. The number of hydrogen-bond donors (Lipinski definition) is 0. The van der Waals surface area contributed by atoms with Crippen molar-refractivity contribution in [2.75, 3.05) is 14.2 Å². The Hall–Kier alpha value is -2.48. The summed E-state index contributed by atoms with van der Waals surface area (Å²) < 4.78 is 22.1. The second-order valence-corrected chi connectivity index (χ2v) is 6.67. The van der Waals surface area contributed by atoms with Crippen LogP contribution >= 0.6 is 0 Å². The van der Waals surface area contributed by atoms with Crippen LogP contribution in [0.4, 0.5) is 0 Å². The number of carbonyl (C=O) groups is 1. The molecule has 1 fully saturated rings. The molecule has 1 aromatic rings. The summed E-state index contributed by atoms with van der Waals surface area (Å²) in [6, 6.07) is 5.29. The molecule has 8 nitrogen and oxygen atoms in total. The topological polar surface area (TPSA) is 89.3 Å². The molecule has 0 N–H and O–H groups in total. The maximum absolute atomic E-state index is 12.1. The molecule has 0 radical (unpaired) electrons. The summed E-state index contributed by atoms with van der Waals surface area (Å²) in [5.41, 5.74) is 0.725. The normalized spacial score (nSPS) is 25.4. The van der Waals surface area contributed by atoms with Crippen LogP contribution in [0.1, 0.15) is 44.1 Å². The van der Waals surface area contributed by atoms with Crippen molar-refractivity contribution < 1.29 is 33.5 Å². The Morgan fingerprint density at radius 1 is 1.19 bits per heavy atom. The van der Waals surface area contributed by atoms with E-state index in [-0.39, 0.29) is 6.10 Å². The molecule has 0 unspecified atom stereocenters. The predicted octanol–water partition coefficient (Wildman–Crippen LogP) is 2.53. The molecule has 1 aromatic carbocycles. The minimum atomic E-state index is -0.974. The molecule has 0 bridgehead atoms. The predicted molar refractivity (Wildman–Crippen MR) is 95.7 cm³/mol. The Bertz CT molecular complexity index is 699. The van der Waals surface area contributed by atoms with Crippen LogP contribution in [-0.2, 0) is 19.1 Å². The third-order valence-corrected chi connectivity index (χ3v) is 4.84. The molecule has 27 heavy (non-hydrogen) atoms. The molecule has 2 aliphatic rings. The van der Waals surface area contributed by atoms with Gasteiger partial charge in [-0.05, 0) is 30.5 Å². The highest BCUT2D eigenvalue weighted by molar-refractivity contribution is 5.70. The van der Waals surface area contributed by atoms with Crippen LogP contribution in [0.15, 0.2) is 18.2 Å². The number of ether oxygens (including phenoxy) is 4. The van der Waals surface area contributed by atoms with Crippen molar-refractivity contribution in [3.63, 3.8) is 0 Å². The summed E-state index contributed by atoms with van der Waals surface area (Å²) in [5, 5.41) is 12.1. The van der Waals surface area contributed by atoms with Gasteiger partial charge in [0.25, 0.3) is 0 Å². The van der Waals surface area contributed by atoms with Crippen LogP contribution in [0.2, 0.25) is 0 Å². The van der Waals surface area contributed by atoms with Crippen LogP contribution in [0.3, 0.4) is 0 Å². The summed E-state index contributed by atoms with van der Waals surface area (Å²) in [5.74, 6) is 0.0606. The second-order valence-electron chi connectivity index (χ2n) is 6.67. The van der Waals surface area contributed by atoms with Crippen molar-refractivity contribution in [2.24, 2.45) is 0 Å². The van der Waals surface area contributed by atoms with Gasteiger partial charge in [0, 0.05) is 11.8 Å². The number of methoxy groups -OCH3 is 2. The van der Waals surface area contributed by atoms with E-state index in [1.807, 2.05) is 0 Å². The van der Waals surface area contributed by atoms with Gasteiger partial charge in [0.1, 0.15) is 5.92 Å².